The zero-order chi connectivity index (χ0) is 15.2. The first-order valence-corrected chi connectivity index (χ1v) is 7.56. The van der Waals surface area contributed by atoms with E-state index in [0.29, 0.717) is 18.2 Å². The molecule has 0 aromatic carbocycles. The lowest BCUT2D eigenvalue weighted by Gasteiger charge is -2.26. The van der Waals surface area contributed by atoms with E-state index in [-0.39, 0.29) is 18.2 Å². The van der Waals surface area contributed by atoms with Crippen LogP contribution < -0.4 is 10.5 Å². The van der Waals surface area contributed by atoms with Crippen molar-refractivity contribution in [3.8, 4) is 17.4 Å². The van der Waals surface area contributed by atoms with E-state index in [1.165, 1.54) is 32.4 Å². The topological polar surface area (TPSA) is 97.1 Å². The minimum atomic E-state index is -0.616. The number of hydrogen-bond acceptors (Lipinski definition) is 7. The Morgan fingerprint density at radius 1 is 1.22 bits per heavy atom. The summed E-state index contributed by atoms with van der Waals surface area (Å²) < 4.78 is 10.00. The van der Waals surface area contributed by atoms with Crippen molar-refractivity contribution < 1.29 is 9.26 Å². The lowest BCUT2D eigenvalue weighted by molar-refractivity contribution is 0.202. The number of halogens is 1. The fraction of sp³-hybridized carbons (Fsp3) is 0.571. The van der Waals surface area contributed by atoms with Gasteiger partial charge in [0.15, 0.2) is 0 Å². The summed E-state index contributed by atoms with van der Waals surface area (Å²) in [6, 6.07) is 3.39. The fourth-order valence-electron chi connectivity index (χ4n) is 2.51. The summed E-state index contributed by atoms with van der Waals surface area (Å²) in [5.41, 5.74) is 0.437. The lowest BCUT2D eigenvalue weighted by Crippen LogP contribution is -2.31. The van der Waals surface area contributed by atoms with Gasteiger partial charge in [-0.2, -0.15) is 0 Å². The molecule has 23 heavy (non-hydrogen) atoms. The van der Waals surface area contributed by atoms with Crippen LogP contribution in [0.2, 0.25) is 0 Å². The third-order valence-electron chi connectivity index (χ3n) is 3.64. The molecule has 9 heteroatoms. The second kappa shape index (κ2) is 8.64. The Bertz CT molecular complexity index is 636. The van der Waals surface area contributed by atoms with Crippen LogP contribution in [0.5, 0.6) is 5.88 Å². The molecule has 2 aromatic rings. The van der Waals surface area contributed by atoms with E-state index in [1.807, 2.05) is 0 Å². The Hall–Kier alpha value is -1.93. The SMILES string of the molecule is Cl.O=c1[nH]c(-c2ccc(OCCCN3CCCCC3)nn2)no1. The molecule has 0 radical (unpaired) electrons. The Morgan fingerprint density at radius 3 is 2.70 bits per heavy atom. The van der Waals surface area contributed by atoms with Crippen molar-refractivity contribution in [3.05, 3.63) is 22.7 Å². The first-order chi connectivity index (χ1) is 10.8. The molecule has 126 valence electrons. The first-order valence-electron chi connectivity index (χ1n) is 7.56. The van der Waals surface area contributed by atoms with Crippen LogP contribution in [0.4, 0.5) is 0 Å². The minimum Gasteiger partial charge on any atom is -0.477 e. The van der Waals surface area contributed by atoms with Crippen molar-refractivity contribution in [2.45, 2.75) is 25.7 Å². The maximum atomic E-state index is 10.9. The molecule has 0 unspecified atom stereocenters. The molecule has 3 heterocycles. The molecule has 3 rings (SSSR count). The van der Waals surface area contributed by atoms with Crippen LogP contribution in [0.1, 0.15) is 25.7 Å². The quantitative estimate of drug-likeness (QED) is 0.795. The van der Waals surface area contributed by atoms with E-state index in [4.69, 9.17) is 4.74 Å². The van der Waals surface area contributed by atoms with E-state index < -0.39 is 5.76 Å². The number of H-pyrrole nitrogens is 1. The molecule has 1 saturated heterocycles. The van der Waals surface area contributed by atoms with Crippen molar-refractivity contribution in [2.75, 3.05) is 26.2 Å². The number of likely N-dealkylation sites (tertiary alicyclic amines) is 1. The van der Waals surface area contributed by atoms with Gasteiger partial charge in [0, 0.05) is 12.6 Å². The summed E-state index contributed by atoms with van der Waals surface area (Å²) in [6.07, 6.45) is 4.93. The number of nitrogens with zero attached hydrogens (tertiary/aromatic N) is 4. The van der Waals surface area contributed by atoms with Gasteiger partial charge in [-0.1, -0.05) is 11.6 Å². The summed E-state index contributed by atoms with van der Waals surface area (Å²) in [7, 11) is 0. The molecule has 1 N–H and O–H groups in total. The molecule has 1 aliphatic heterocycles. The second-order valence-electron chi connectivity index (χ2n) is 5.30. The Labute approximate surface area is 139 Å². The number of ether oxygens (including phenoxy) is 1. The van der Waals surface area contributed by atoms with E-state index in [0.717, 1.165) is 13.0 Å². The molecule has 0 saturated carbocycles. The summed E-state index contributed by atoms with van der Waals surface area (Å²) in [4.78, 5) is 15.8. The van der Waals surface area contributed by atoms with Crippen molar-refractivity contribution in [2.24, 2.45) is 0 Å². The van der Waals surface area contributed by atoms with E-state index in [1.54, 1.807) is 12.1 Å². The molecule has 0 aliphatic carbocycles. The molecule has 8 nitrogen and oxygen atoms in total. The van der Waals surface area contributed by atoms with Crippen LogP contribution >= 0.6 is 12.4 Å². The molecule has 2 aromatic heterocycles. The molecule has 1 fully saturated rings. The normalized spacial score (nSPS) is 15.1. The van der Waals surface area contributed by atoms with E-state index in [2.05, 4.69) is 29.8 Å². The van der Waals surface area contributed by atoms with Crippen LogP contribution in [-0.4, -0.2) is 51.5 Å². The van der Waals surface area contributed by atoms with Crippen LogP contribution in [0.15, 0.2) is 21.5 Å². The molecular weight excluding hydrogens is 322 g/mol. The monoisotopic (exact) mass is 341 g/mol. The van der Waals surface area contributed by atoms with Gasteiger partial charge in [0.1, 0.15) is 5.69 Å². The van der Waals surface area contributed by atoms with Crippen LogP contribution in [0.3, 0.4) is 0 Å². The largest absolute Gasteiger partial charge is 0.477 e. The van der Waals surface area contributed by atoms with E-state index >= 15 is 0 Å². The predicted molar refractivity (Wildman–Crippen MR) is 85.8 cm³/mol. The number of nitrogens with one attached hydrogen (secondary N) is 1. The molecule has 0 amide bonds. The first kappa shape index (κ1) is 17.4. The Balaban J connectivity index is 0.00000192. The van der Waals surface area contributed by atoms with Gasteiger partial charge >= 0.3 is 5.76 Å². The van der Waals surface area contributed by atoms with Gasteiger partial charge in [-0.15, -0.1) is 22.6 Å². The van der Waals surface area contributed by atoms with Gasteiger partial charge in [-0.25, -0.2) is 4.79 Å². The van der Waals surface area contributed by atoms with Crippen LogP contribution in [0, 0.1) is 0 Å². The molecule has 0 bridgehead atoms. The van der Waals surface area contributed by atoms with Crippen LogP contribution in [0.25, 0.3) is 11.5 Å². The molecule has 1 aliphatic rings. The Morgan fingerprint density at radius 2 is 2.04 bits per heavy atom. The third kappa shape index (κ3) is 5.04. The average molecular weight is 342 g/mol. The smallest absolute Gasteiger partial charge is 0.439 e. The summed E-state index contributed by atoms with van der Waals surface area (Å²) in [5, 5.41) is 11.5. The number of rotatable bonds is 6. The van der Waals surface area contributed by atoms with Gasteiger partial charge in [-0.05, 0) is 38.4 Å². The highest BCUT2D eigenvalue weighted by molar-refractivity contribution is 5.85. The van der Waals surface area contributed by atoms with Crippen molar-refractivity contribution in [3.63, 3.8) is 0 Å². The van der Waals surface area contributed by atoms with Gasteiger partial charge in [-0.3, -0.25) is 9.51 Å². The molecule has 0 atom stereocenters. The minimum absolute atomic E-state index is 0. The highest BCUT2D eigenvalue weighted by Gasteiger charge is 2.10. The van der Waals surface area contributed by atoms with Gasteiger partial charge in [0.2, 0.25) is 11.7 Å². The molecule has 0 spiro atoms. The number of hydrogen-bond donors (Lipinski definition) is 1. The maximum Gasteiger partial charge on any atom is 0.439 e. The average Bonchev–Trinajstić information content (AvgIpc) is 3.00. The van der Waals surface area contributed by atoms with Crippen molar-refractivity contribution in [1.82, 2.24) is 25.2 Å². The summed E-state index contributed by atoms with van der Waals surface area (Å²) >= 11 is 0. The lowest BCUT2D eigenvalue weighted by atomic mass is 10.1. The maximum absolute atomic E-state index is 10.9. The zero-order valence-corrected chi connectivity index (χ0v) is 13.5. The Kier molecular flexibility index (Phi) is 6.54. The third-order valence-corrected chi connectivity index (χ3v) is 3.64. The predicted octanol–water partition coefficient (Wildman–Crippen LogP) is 1.50. The highest BCUT2D eigenvalue weighted by atomic mass is 35.5. The number of piperidine rings is 1. The van der Waals surface area contributed by atoms with E-state index in [9.17, 15) is 4.79 Å². The van der Waals surface area contributed by atoms with Gasteiger partial charge in [0.25, 0.3) is 0 Å². The van der Waals surface area contributed by atoms with Crippen molar-refractivity contribution >= 4 is 12.4 Å². The fourth-order valence-corrected chi connectivity index (χ4v) is 2.51. The number of aromatic amines is 1. The van der Waals surface area contributed by atoms with Gasteiger partial charge in [0.05, 0.1) is 6.61 Å². The standard InChI is InChI=1S/C14H19N5O3.ClH/c20-14-15-13(18-22-14)11-5-6-12(17-16-11)21-10-4-9-19-7-2-1-3-8-19;/h5-6H,1-4,7-10H2,(H,15,18,20);1H. The van der Waals surface area contributed by atoms with Crippen molar-refractivity contribution in [1.29, 1.82) is 0 Å². The second-order valence-corrected chi connectivity index (χ2v) is 5.30. The zero-order valence-electron chi connectivity index (χ0n) is 12.7. The summed E-state index contributed by atoms with van der Waals surface area (Å²) in [6.45, 7) is 4.08. The highest BCUT2D eigenvalue weighted by Crippen LogP contribution is 2.13. The summed E-state index contributed by atoms with van der Waals surface area (Å²) in [5.74, 6) is 0.109. The number of aromatic nitrogens is 4. The van der Waals surface area contributed by atoms with Gasteiger partial charge < -0.3 is 9.64 Å². The molecular formula is C14H20ClN5O3. The van der Waals surface area contributed by atoms with Crippen LogP contribution in [-0.2, 0) is 0 Å².